The van der Waals surface area contributed by atoms with Crippen molar-refractivity contribution in [2.75, 3.05) is 6.54 Å². The molecule has 3 N–H and O–H groups in total. The minimum atomic E-state index is -0.0369. The number of aromatic nitrogens is 1. The number of nitrogens with one attached hydrogen (secondary N) is 1. The molecule has 0 aliphatic rings. The molecule has 2 rings (SSSR count). The Hall–Kier alpha value is -1.30. The van der Waals surface area contributed by atoms with Crippen molar-refractivity contribution in [3.8, 4) is 0 Å². The van der Waals surface area contributed by atoms with Crippen LogP contribution < -0.4 is 11.1 Å². The number of aliphatic imine (C=N–C) groups is 1. The molecule has 0 aliphatic heterocycles. The smallest absolute Gasteiger partial charge is 0.189 e. The van der Waals surface area contributed by atoms with Crippen LogP contribution in [0.4, 0.5) is 0 Å². The van der Waals surface area contributed by atoms with Crippen molar-refractivity contribution in [2.24, 2.45) is 10.7 Å². The summed E-state index contributed by atoms with van der Waals surface area (Å²) >= 11 is 13.8. The number of hydrogen-bond donors (Lipinski definition) is 2. The molecule has 0 saturated carbocycles. The fraction of sp³-hybridized carbons (Fsp3) is 0.375. The van der Waals surface area contributed by atoms with Crippen LogP contribution >= 0.6 is 34.5 Å². The summed E-state index contributed by atoms with van der Waals surface area (Å²) < 4.78 is 0. The molecule has 0 bridgehead atoms. The minimum Gasteiger partial charge on any atom is -0.370 e. The Balaban J connectivity index is 1.81. The Bertz CT molecular complexity index is 684. The third kappa shape index (κ3) is 5.68. The van der Waals surface area contributed by atoms with Crippen LogP contribution in [-0.2, 0) is 6.42 Å². The summed E-state index contributed by atoms with van der Waals surface area (Å²) in [6.07, 6.45) is 1.85. The maximum atomic E-state index is 6.19. The molecule has 0 fully saturated rings. The van der Waals surface area contributed by atoms with Crippen LogP contribution in [0.25, 0.3) is 0 Å². The van der Waals surface area contributed by atoms with Gasteiger partial charge >= 0.3 is 0 Å². The van der Waals surface area contributed by atoms with Crippen molar-refractivity contribution >= 4 is 40.5 Å². The largest absolute Gasteiger partial charge is 0.370 e. The summed E-state index contributed by atoms with van der Waals surface area (Å²) in [5, 5.41) is 7.58. The second-order valence-electron chi connectivity index (χ2n) is 5.29. The molecule has 0 amide bonds. The van der Waals surface area contributed by atoms with E-state index in [1.54, 1.807) is 17.4 Å². The van der Waals surface area contributed by atoms with Crippen molar-refractivity contribution < 1.29 is 0 Å². The van der Waals surface area contributed by atoms with E-state index in [-0.39, 0.29) is 6.04 Å². The van der Waals surface area contributed by atoms with Gasteiger partial charge in [-0.3, -0.25) is 4.99 Å². The summed E-state index contributed by atoms with van der Waals surface area (Å²) in [5.74, 6) is 0.416. The summed E-state index contributed by atoms with van der Waals surface area (Å²) in [4.78, 5) is 8.78. The van der Waals surface area contributed by atoms with E-state index in [1.165, 1.54) is 0 Å². The third-order valence-electron chi connectivity index (χ3n) is 3.29. The summed E-state index contributed by atoms with van der Waals surface area (Å²) in [5.41, 5.74) is 7.94. The fourth-order valence-corrected chi connectivity index (χ4v) is 3.54. The predicted octanol–water partition coefficient (Wildman–Crippen LogP) is 4.36. The number of guanidine groups is 1. The van der Waals surface area contributed by atoms with Gasteiger partial charge in [0.2, 0.25) is 0 Å². The summed E-state index contributed by atoms with van der Waals surface area (Å²) in [6.45, 7) is 4.65. The molecule has 23 heavy (non-hydrogen) atoms. The number of benzene rings is 1. The Morgan fingerprint density at radius 2 is 2.22 bits per heavy atom. The second kappa shape index (κ2) is 8.52. The average molecular weight is 371 g/mol. The number of hydrogen-bond acceptors (Lipinski definition) is 3. The minimum absolute atomic E-state index is 0.0369. The van der Waals surface area contributed by atoms with Crippen molar-refractivity contribution in [1.82, 2.24) is 10.3 Å². The average Bonchev–Trinajstić information content (AvgIpc) is 2.89. The number of aryl methyl sites for hydroxylation is 2. The van der Waals surface area contributed by atoms with Crippen molar-refractivity contribution in [3.63, 3.8) is 0 Å². The fourth-order valence-electron chi connectivity index (χ4n) is 2.15. The second-order valence-corrected chi connectivity index (χ2v) is 7.07. The molecule has 0 radical (unpaired) electrons. The van der Waals surface area contributed by atoms with Crippen LogP contribution in [0.5, 0.6) is 0 Å². The van der Waals surface area contributed by atoms with E-state index in [2.05, 4.69) is 20.7 Å². The van der Waals surface area contributed by atoms with Gasteiger partial charge in [-0.2, -0.15) is 0 Å². The highest BCUT2D eigenvalue weighted by atomic mass is 35.5. The molecule has 1 heterocycles. The van der Waals surface area contributed by atoms with E-state index in [4.69, 9.17) is 28.9 Å². The molecule has 2 aromatic rings. The normalized spacial score (nSPS) is 13.1. The first-order valence-electron chi connectivity index (χ1n) is 7.38. The maximum Gasteiger partial charge on any atom is 0.189 e. The lowest BCUT2D eigenvalue weighted by molar-refractivity contribution is 0.704. The van der Waals surface area contributed by atoms with Gasteiger partial charge in [0.25, 0.3) is 0 Å². The highest BCUT2D eigenvalue weighted by Crippen LogP contribution is 2.25. The van der Waals surface area contributed by atoms with Crippen LogP contribution in [0.2, 0.25) is 10.0 Å². The van der Waals surface area contributed by atoms with Crippen LogP contribution in [0.15, 0.2) is 28.6 Å². The van der Waals surface area contributed by atoms with Gasteiger partial charge in [-0.1, -0.05) is 29.3 Å². The van der Waals surface area contributed by atoms with Crippen molar-refractivity contribution in [3.05, 3.63) is 49.9 Å². The Kier molecular flexibility index (Phi) is 6.69. The molecule has 1 aromatic carbocycles. The zero-order chi connectivity index (χ0) is 16.8. The molecule has 1 unspecified atom stereocenters. The maximum absolute atomic E-state index is 6.19. The molecular weight excluding hydrogens is 351 g/mol. The van der Waals surface area contributed by atoms with Gasteiger partial charge in [-0.15, -0.1) is 11.3 Å². The molecular formula is C16H20Cl2N4S. The zero-order valence-electron chi connectivity index (χ0n) is 13.1. The molecule has 1 aromatic heterocycles. The molecule has 7 heteroatoms. The van der Waals surface area contributed by atoms with Gasteiger partial charge in [0, 0.05) is 34.1 Å². The van der Waals surface area contributed by atoms with Gasteiger partial charge < -0.3 is 11.1 Å². The third-order valence-corrected chi connectivity index (χ3v) is 4.88. The molecule has 0 spiro atoms. The van der Waals surface area contributed by atoms with Gasteiger partial charge in [0.05, 0.1) is 11.0 Å². The molecule has 1 atom stereocenters. The van der Waals surface area contributed by atoms with Crippen LogP contribution in [0.1, 0.15) is 35.7 Å². The summed E-state index contributed by atoms with van der Waals surface area (Å²) in [6, 6.07) is 5.38. The Morgan fingerprint density at radius 3 is 2.87 bits per heavy atom. The van der Waals surface area contributed by atoms with Gasteiger partial charge in [0.1, 0.15) is 0 Å². The lowest BCUT2D eigenvalue weighted by Crippen LogP contribution is -2.34. The molecule has 4 nitrogen and oxygen atoms in total. The van der Waals surface area contributed by atoms with E-state index in [0.717, 1.165) is 29.1 Å². The predicted molar refractivity (Wildman–Crippen MR) is 99.7 cm³/mol. The highest BCUT2D eigenvalue weighted by Gasteiger charge is 2.10. The number of rotatable bonds is 6. The number of nitrogens with zero attached hydrogens (tertiary/aromatic N) is 2. The highest BCUT2D eigenvalue weighted by molar-refractivity contribution is 7.09. The van der Waals surface area contributed by atoms with Crippen molar-refractivity contribution in [1.29, 1.82) is 0 Å². The zero-order valence-corrected chi connectivity index (χ0v) is 15.5. The number of nitrogens with two attached hydrogens (primary N) is 1. The SMILES string of the molecule is Cc1csc(CCCN=C(N)NC(C)c2ccc(Cl)cc2Cl)n1. The lowest BCUT2D eigenvalue weighted by Gasteiger charge is -2.16. The molecule has 124 valence electrons. The number of thiazole rings is 1. The quantitative estimate of drug-likeness (QED) is 0.451. The van der Waals surface area contributed by atoms with Crippen molar-refractivity contribution in [2.45, 2.75) is 32.7 Å². The first kappa shape index (κ1) is 18.0. The Morgan fingerprint density at radius 1 is 1.43 bits per heavy atom. The van der Waals surface area contributed by atoms with E-state index in [0.29, 0.717) is 22.5 Å². The first-order chi connectivity index (χ1) is 11.0. The monoisotopic (exact) mass is 370 g/mol. The first-order valence-corrected chi connectivity index (χ1v) is 9.01. The van der Waals surface area contributed by atoms with E-state index < -0.39 is 0 Å². The summed E-state index contributed by atoms with van der Waals surface area (Å²) in [7, 11) is 0. The van der Waals surface area contributed by atoms with E-state index in [9.17, 15) is 0 Å². The topological polar surface area (TPSA) is 63.3 Å². The van der Waals surface area contributed by atoms with E-state index >= 15 is 0 Å². The van der Waals surface area contributed by atoms with Crippen LogP contribution in [0.3, 0.4) is 0 Å². The lowest BCUT2D eigenvalue weighted by atomic mass is 10.1. The van der Waals surface area contributed by atoms with Gasteiger partial charge in [-0.05, 0) is 38.0 Å². The Labute approximate surface area is 150 Å². The number of halogens is 2. The standard InChI is InChI=1S/C16H20Cl2N4S/c1-10-9-23-15(21-10)4-3-7-20-16(19)22-11(2)13-6-5-12(17)8-14(13)18/h5-6,8-9,11H,3-4,7H2,1-2H3,(H3,19,20,22). The van der Waals surface area contributed by atoms with Crippen LogP contribution in [0, 0.1) is 6.92 Å². The molecule has 0 aliphatic carbocycles. The van der Waals surface area contributed by atoms with E-state index in [1.807, 2.05) is 26.0 Å². The molecule has 0 saturated heterocycles. The van der Waals surface area contributed by atoms with Gasteiger partial charge in [0.15, 0.2) is 5.96 Å². The van der Waals surface area contributed by atoms with Gasteiger partial charge in [-0.25, -0.2) is 4.98 Å². The van der Waals surface area contributed by atoms with Crippen LogP contribution in [-0.4, -0.2) is 17.5 Å².